The molecule has 0 aliphatic heterocycles. The lowest BCUT2D eigenvalue weighted by molar-refractivity contribution is -0.0498. The largest absolute Gasteiger partial charge is 0.435 e. The lowest BCUT2D eigenvalue weighted by Gasteiger charge is -2.16. The monoisotopic (exact) mass is 214 g/mol. The van der Waals surface area contributed by atoms with Crippen LogP contribution >= 0.6 is 0 Å². The smallest absolute Gasteiger partial charge is 0.387 e. The van der Waals surface area contributed by atoms with Crippen molar-refractivity contribution in [1.82, 2.24) is 0 Å². The van der Waals surface area contributed by atoms with E-state index in [1.54, 1.807) is 12.1 Å². The molecule has 1 atom stereocenters. The van der Waals surface area contributed by atoms with Gasteiger partial charge in [-0.25, -0.2) is 0 Å². The number of ether oxygens (including phenoxy) is 1. The van der Waals surface area contributed by atoms with Crippen LogP contribution in [-0.4, -0.2) is 6.61 Å². The molecule has 0 bridgehead atoms. The Balaban J connectivity index is 2.72. The van der Waals surface area contributed by atoms with Gasteiger partial charge in [0.25, 0.3) is 0 Å². The molecule has 0 fully saturated rings. The summed E-state index contributed by atoms with van der Waals surface area (Å²) in [6, 6.07) is 6.84. The van der Waals surface area contributed by atoms with Gasteiger partial charge in [-0.15, -0.1) is 0 Å². The predicted octanol–water partition coefficient (Wildman–Crippen LogP) is 4.05. The Labute approximate surface area is 89.1 Å². The number of rotatable bonds is 4. The summed E-state index contributed by atoms with van der Waals surface area (Å²) in [6.07, 6.45) is 0. The van der Waals surface area contributed by atoms with E-state index in [0.29, 0.717) is 11.8 Å². The lowest BCUT2D eigenvalue weighted by atomic mass is 9.90. The van der Waals surface area contributed by atoms with Crippen LogP contribution in [0.2, 0.25) is 0 Å². The molecule has 0 spiro atoms. The van der Waals surface area contributed by atoms with E-state index in [1.165, 1.54) is 0 Å². The van der Waals surface area contributed by atoms with Crippen molar-refractivity contribution in [2.75, 3.05) is 0 Å². The van der Waals surface area contributed by atoms with Crippen molar-refractivity contribution in [3.05, 3.63) is 29.8 Å². The fourth-order valence-electron chi connectivity index (χ4n) is 1.34. The molecule has 1 aromatic carbocycles. The predicted molar refractivity (Wildman–Crippen MR) is 56.3 cm³/mol. The van der Waals surface area contributed by atoms with Crippen LogP contribution in [0.1, 0.15) is 32.3 Å². The molecule has 0 aliphatic carbocycles. The van der Waals surface area contributed by atoms with Gasteiger partial charge in [0, 0.05) is 0 Å². The van der Waals surface area contributed by atoms with Gasteiger partial charge in [0.1, 0.15) is 5.75 Å². The normalized spacial score (nSPS) is 13.3. The van der Waals surface area contributed by atoms with E-state index >= 15 is 0 Å². The first-order valence-corrected chi connectivity index (χ1v) is 5.05. The van der Waals surface area contributed by atoms with E-state index in [2.05, 4.69) is 25.5 Å². The summed E-state index contributed by atoms with van der Waals surface area (Å²) < 4.78 is 28.0. The van der Waals surface area contributed by atoms with Gasteiger partial charge < -0.3 is 4.74 Å². The highest BCUT2D eigenvalue weighted by molar-refractivity contribution is 5.29. The van der Waals surface area contributed by atoms with Crippen molar-refractivity contribution in [3.63, 3.8) is 0 Å². The summed E-state index contributed by atoms with van der Waals surface area (Å²) in [7, 11) is 0. The highest BCUT2D eigenvalue weighted by Crippen LogP contribution is 2.25. The van der Waals surface area contributed by atoms with E-state index in [-0.39, 0.29) is 5.75 Å². The van der Waals surface area contributed by atoms with E-state index in [4.69, 9.17) is 0 Å². The average Bonchev–Trinajstić information content (AvgIpc) is 2.17. The van der Waals surface area contributed by atoms with Gasteiger partial charge in [-0.05, 0) is 29.5 Å². The van der Waals surface area contributed by atoms with Crippen LogP contribution in [0.3, 0.4) is 0 Å². The average molecular weight is 214 g/mol. The van der Waals surface area contributed by atoms with Gasteiger partial charge in [0.2, 0.25) is 0 Å². The van der Waals surface area contributed by atoms with Crippen molar-refractivity contribution in [2.45, 2.75) is 33.3 Å². The molecule has 0 aliphatic rings. The Hall–Kier alpha value is -1.12. The number of alkyl halides is 2. The van der Waals surface area contributed by atoms with E-state index in [1.807, 2.05) is 12.1 Å². The lowest BCUT2D eigenvalue weighted by Crippen LogP contribution is -2.04. The molecule has 0 N–H and O–H groups in total. The number of hydrogen-bond acceptors (Lipinski definition) is 1. The number of benzene rings is 1. The van der Waals surface area contributed by atoms with Crippen molar-refractivity contribution in [2.24, 2.45) is 5.92 Å². The zero-order valence-electron chi connectivity index (χ0n) is 9.21. The molecular formula is C12H16F2O. The van der Waals surface area contributed by atoms with Gasteiger partial charge in [0.05, 0.1) is 0 Å². The Bertz CT molecular complexity index is 293. The van der Waals surface area contributed by atoms with Crippen LogP contribution in [0.25, 0.3) is 0 Å². The first-order valence-electron chi connectivity index (χ1n) is 5.05. The molecular weight excluding hydrogens is 198 g/mol. The topological polar surface area (TPSA) is 9.23 Å². The second-order valence-corrected chi connectivity index (χ2v) is 3.98. The Morgan fingerprint density at radius 1 is 1.00 bits per heavy atom. The Kier molecular flexibility index (Phi) is 4.06. The molecule has 0 radical (unpaired) electrons. The summed E-state index contributed by atoms with van der Waals surface area (Å²) in [5.74, 6) is 1.17. The zero-order chi connectivity index (χ0) is 11.4. The fourth-order valence-corrected chi connectivity index (χ4v) is 1.34. The molecule has 0 amide bonds. The Morgan fingerprint density at radius 3 is 1.93 bits per heavy atom. The highest BCUT2D eigenvalue weighted by atomic mass is 19.3. The molecule has 0 heterocycles. The third kappa shape index (κ3) is 3.50. The maximum Gasteiger partial charge on any atom is 0.387 e. The van der Waals surface area contributed by atoms with Gasteiger partial charge in [-0.3, -0.25) is 0 Å². The first-order chi connectivity index (χ1) is 7.00. The van der Waals surface area contributed by atoms with Gasteiger partial charge in [-0.1, -0.05) is 32.9 Å². The Morgan fingerprint density at radius 2 is 1.53 bits per heavy atom. The second kappa shape index (κ2) is 5.10. The third-order valence-corrected chi connectivity index (χ3v) is 2.63. The van der Waals surface area contributed by atoms with Crippen molar-refractivity contribution >= 4 is 0 Å². The molecule has 15 heavy (non-hydrogen) atoms. The minimum Gasteiger partial charge on any atom is -0.435 e. The summed E-state index contributed by atoms with van der Waals surface area (Å²) in [6.45, 7) is 3.63. The quantitative estimate of drug-likeness (QED) is 0.734. The molecule has 1 rings (SSSR count). The fraction of sp³-hybridized carbons (Fsp3) is 0.500. The van der Waals surface area contributed by atoms with Crippen LogP contribution in [0, 0.1) is 5.92 Å². The summed E-state index contributed by atoms with van der Waals surface area (Å²) in [5.41, 5.74) is 1.15. The van der Waals surface area contributed by atoms with E-state index in [9.17, 15) is 8.78 Å². The highest BCUT2D eigenvalue weighted by Gasteiger charge is 2.10. The van der Waals surface area contributed by atoms with Crippen LogP contribution in [-0.2, 0) is 0 Å². The maximum absolute atomic E-state index is 11.9. The SMILES string of the molecule is CC(C)[C@H](C)c1ccc(OC(F)F)cc1. The van der Waals surface area contributed by atoms with Crippen LogP contribution in [0.4, 0.5) is 8.78 Å². The molecule has 0 saturated heterocycles. The summed E-state index contributed by atoms with van der Waals surface area (Å²) in [5, 5.41) is 0. The molecule has 3 heteroatoms. The third-order valence-electron chi connectivity index (χ3n) is 2.63. The van der Waals surface area contributed by atoms with Crippen LogP contribution in [0.5, 0.6) is 5.75 Å². The number of halogens is 2. The number of hydrogen-bond donors (Lipinski definition) is 0. The minimum atomic E-state index is -2.75. The maximum atomic E-state index is 11.9. The molecule has 0 unspecified atom stereocenters. The van der Waals surface area contributed by atoms with Gasteiger partial charge in [0.15, 0.2) is 0 Å². The van der Waals surface area contributed by atoms with Crippen molar-refractivity contribution in [3.8, 4) is 5.75 Å². The standard InChI is InChI=1S/C12H16F2O/c1-8(2)9(3)10-4-6-11(7-5-10)15-12(13)14/h4-9,12H,1-3H3/t9-/m0/s1. The summed E-state index contributed by atoms with van der Waals surface area (Å²) >= 11 is 0. The van der Waals surface area contributed by atoms with E-state index < -0.39 is 6.61 Å². The molecule has 1 aromatic rings. The van der Waals surface area contributed by atoms with Crippen molar-refractivity contribution < 1.29 is 13.5 Å². The molecule has 0 saturated carbocycles. The minimum absolute atomic E-state index is 0.213. The molecule has 0 aromatic heterocycles. The van der Waals surface area contributed by atoms with Crippen molar-refractivity contribution in [1.29, 1.82) is 0 Å². The molecule has 84 valence electrons. The van der Waals surface area contributed by atoms with Gasteiger partial charge >= 0.3 is 6.61 Å². The van der Waals surface area contributed by atoms with E-state index in [0.717, 1.165) is 5.56 Å². The van der Waals surface area contributed by atoms with Gasteiger partial charge in [-0.2, -0.15) is 8.78 Å². The van der Waals surface area contributed by atoms with Crippen LogP contribution < -0.4 is 4.74 Å². The second-order valence-electron chi connectivity index (χ2n) is 3.98. The molecule has 1 nitrogen and oxygen atoms in total. The first kappa shape index (κ1) is 12.0. The van der Waals surface area contributed by atoms with Crippen LogP contribution in [0.15, 0.2) is 24.3 Å². The zero-order valence-corrected chi connectivity index (χ0v) is 9.21. The summed E-state index contributed by atoms with van der Waals surface area (Å²) in [4.78, 5) is 0.